The molecule has 114 valence electrons. The number of hydrogen-bond acceptors (Lipinski definition) is 5. The van der Waals surface area contributed by atoms with E-state index >= 15 is 0 Å². The number of amides is 3. The average Bonchev–Trinajstić information content (AvgIpc) is 2.38. The van der Waals surface area contributed by atoms with E-state index in [9.17, 15) is 19.2 Å². The maximum Gasteiger partial charge on any atom is 0.326 e. The summed E-state index contributed by atoms with van der Waals surface area (Å²) < 4.78 is 4.39. The van der Waals surface area contributed by atoms with Crippen molar-refractivity contribution < 1.29 is 29.0 Å². The summed E-state index contributed by atoms with van der Waals surface area (Å²) in [6.07, 6.45) is -0.180. The Hall–Kier alpha value is -2.32. The third kappa shape index (κ3) is 8.72. The number of urea groups is 1. The van der Waals surface area contributed by atoms with Crippen LogP contribution in [0.2, 0.25) is 0 Å². The first-order valence-electron chi connectivity index (χ1n) is 5.95. The standard InChI is InChI=1S/C11H19N3O6/c1-7(15)12-5-6-13-11(19)14-8(10(17)18)3-4-9(16)20-2/h8H,3-6H2,1-2H3,(H,12,15)(H,17,18)(H2,13,14,19)/t8-/m0/s1. The molecule has 0 radical (unpaired) electrons. The Balaban J connectivity index is 4.04. The second-order valence-electron chi connectivity index (χ2n) is 3.89. The molecule has 0 spiro atoms. The second-order valence-corrected chi connectivity index (χ2v) is 3.89. The Labute approximate surface area is 116 Å². The van der Waals surface area contributed by atoms with E-state index in [2.05, 4.69) is 20.7 Å². The van der Waals surface area contributed by atoms with Crippen LogP contribution in [-0.2, 0) is 19.1 Å². The van der Waals surface area contributed by atoms with Gasteiger partial charge in [0.25, 0.3) is 0 Å². The van der Waals surface area contributed by atoms with Gasteiger partial charge in [-0.25, -0.2) is 9.59 Å². The van der Waals surface area contributed by atoms with Crippen molar-refractivity contribution in [3.05, 3.63) is 0 Å². The molecular formula is C11H19N3O6. The van der Waals surface area contributed by atoms with E-state index in [-0.39, 0.29) is 31.8 Å². The second kappa shape index (κ2) is 9.59. The van der Waals surface area contributed by atoms with Crippen LogP contribution < -0.4 is 16.0 Å². The van der Waals surface area contributed by atoms with E-state index in [1.165, 1.54) is 14.0 Å². The van der Waals surface area contributed by atoms with Crippen LogP contribution in [0.15, 0.2) is 0 Å². The van der Waals surface area contributed by atoms with Crippen LogP contribution in [0.25, 0.3) is 0 Å². The monoisotopic (exact) mass is 289 g/mol. The molecule has 3 amide bonds. The summed E-state index contributed by atoms with van der Waals surface area (Å²) in [6.45, 7) is 1.74. The normalized spacial score (nSPS) is 11.1. The predicted molar refractivity (Wildman–Crippen MR) is 67.9 cm³/mol. The van der Waals surface area contributed by atoms with Gasteiger partial charge in [-0.05, 0) is 6.42 Å². The van der Waals surface area contributed by atoms with Crippen LogP contribution in [0.3, 0.4) is 0 Å². The van der Waals surface area contributed by atoms with Gasteiger partial charge in [-0.3, -0.25) is 9.59 Å². The topological polar surface area (TPSA) is 134 Å². The molecule has 9 heteroatoms. The number of rotatable bonds is 8. The Morgan fingerprint density at radius 2 is 1.75 bits per heavy atom. The molecule has 0 aliphatic rings. The van der Waals surface area contributed by atoms with E-state index in [0.29, 0.717) is 0 Å². The maximum atomic E-state index is 11.4. The van der Waals surface area contributed by atoms with E-state index in [4.69, 9.17) is 5.11 Å². The number of carboxylic acids is 1. The van der Waals surface area contributed by atoms with Gasteiger partial charge in [0.05, 0.1) is 7.11 Å². The lowest BCUT2D eigenvalue weighted by Crippen LogP contribution is -2.47. The zero-order chi connectivity index (χ0) is 15.5. The number of esters is 1. The average molecular weight is 289 g/mol. The molecule has 9 nitrogen and oxygen atoms in total. The van der Waals surface area contributed by atoms with Crippen molar-refractivity contribution in [3.63, 3.8) is 0 Å². The van der Waals surface area contributed by atoms with Crippen molar-refractivity contribution >= 4 is 23.9 Å². The first-order chi connectivity index (χ1) is 9.36. The molecule has 0 heterocycles. The molecule has 0 unspecified atom stereocenters. The van der Waals surface area contributed by atoms with Crippen LogP contribution >= 0.6 is 0 Å². The molecule has 0 saturated heterocycles. The van der Waals surface area contributed by atoms with Crippen molar-refractivity contribution in [3.8, 4) is 0 Å². The fourth-order valence-corrected chi connectivity index (χ4v) is 1.25. The first kappa shape index (κ1) is 17.7. The quantitative estimate of drug-likeness (QED) is 0.328. The number of aliphatic carboxylic acids is 1. The molecule has 0 rings (SSSR count). The minimum atomic E-state index is -1.24. The predicted octanol–water partition coefficient (Wildman–Crippen LogP) is -1.17. The molecule has 0 aromatic heterocycles. The van der Waals surface area contributed by atoms with Gasteiger partial charge >= 0.3 is 18.0 Å². The van der Waals surface area contributed by atoms with Crippen LogP contribution in [-0.4, -0.2) is 55.2 Å². The third-order valence-electron chi connectivity index (χ3n) is 2.25. The van der Waals surface area contributed by atoms with Gasteiger partial charge in [0.1, 0.15) is 6.04 Å². The van der Waals surface area contributed by atoms with Crippen LogP contribution in [0, 0.1) is 0 Å². The highest BCUT2D eigenvalue weighted by atomic mass is 16.5. The smallest absolute Gasteiger partial charge is 0.326 e. The van der Waals surface area contributed by atoms with Crippen LogP contribution in [0.5, 0.6) is 0 Å². The lowest BCUT2D eigenvalue weighted by Gasteiger charge is -2.14. The van der Waals surface area contributed by atoms with Crippen molar-refractivity contribution in [1.82, 2.24) is 16.0 Å². The Morgan fingerprint density at radius 1 is 1.15 bits per heavy atom. The van der Waals surface area contributed by atoms with Crippen molar-refractivity contribution in [2.24, 2.45) is 0 Å². The van der Waals surface area contributed by atoms with Gasteiger partial charge in [-0.1, -0.05) is 0 Å². The summed E-state index contributed by atoms with van der Waals surface area (Å²) in [7, 11) is 1.19. The molecule has 0 saturated carbocycles. The number of ether oxygens (including phenoxy) is 1. The zero-order valence-corrected chi connectivity index (χ0v) is 11.4. The zero-order valence-electron chi connectivity index (χ0n) is 11.4. The number of methoxy groups -OCH3 is 1. The summed E-state index contributed by atoms with van der Waals surface area (Å²) in [4.78, 5) is 43.8. The molecule has 0 bridgehead atoms. The number of nitrogens with one attached hydrogen (secondary N) is 3. The van der Waals surface area contributed by atoms with Gasteiger partial charge in [-0.2, -0.15) is 0 Å². The largest absolute Gasteiger partial charge is 0.480 e. The Bertz CT molecular complexity index is 371. The van der Waals surface area contributed by atoms with Crippen molar-refractivity contribution in [2.75, 3.05) is 20.2 Å². The van der Waals surface area contributed by atoms with Gasteiger partial charge in [0.2, 0.25) is 5.91 Å². The minimum absolute atomic E-state index is 0.0683. The molecule has 4 N–H and O–H groups in total. The fourth-order valence-electron chi connectivity index (χ4n) is 1.25. The molecule has 0 aromatic carbocycles. The summed E-state index contributed by atoms with van der Waals surface area (Å²) >= 11 is 0. The number of hydrogen-bond donors (Lipinski definition) is 4. The molecule has 0 fully saturated rings. The molecular weight excluding hydrogens is 270 g/mol. The van der Waals surface area contributed by atoms with E-state index < -0.39 is 24.0 Å². The van der Waals surface area contributed by atoms with E-state index in [1.54, 1.807) is 0 Å². The van der Waals surface area contributed by atoms with Crippen LogP contribution in [0.4, 0.5) is 4.79 Å². The van der Waals surface area contributed by atoms with Gasteiger partial charge in [0.15, 0.2) is 0 Å². The van der Waals surface area contributed by atoms with E-state index in [1.807, 2.05) is 0 Å². The molecule has 1 atom stereocenters. The summed E-state index contributed by atoms with van der Waals surface area (Å²) in [5.41, 5.74) is 0. The lowest BCUT2D eigenvalue weighted by molar-refractivity contribution is -0.142. The summed E-state index contributed by atoms with van der Waals surface area (Å²) in [5.74, 6) is -2.02. The number of carbonyl (C=O) groups is 4. The Kier molecular flexibility index (Phi) is 8.48. The molecule has 0 aliphatic carbocycles. The van der Waals surface area contributed by atoms with Gasteiger partial charge in [0, 0.05) is 26.4 Å². The SMILES string of the molecule is COC(=O)CC[C@H](NC(=O)NCCNC(C)=O)C(=O)O. The van der Waals surface area contributed by atoms with Crippen LogP contribution in [0.1, 0.15) is 19.8 Å². The van der Waals surface area contributed by atoms with Gasteiger partial charge in [-0.15, -0.1) is 0 Å². The van der Waals surface area contributed by atoms with Gasteiger partial charge < -0.3 is 25.8 Å². The highest BCUT2D eigenvalue weighted by Gasteiger charge is 2.20. The lowest BCUT2D eigenvalue weighted by atomic mass is 10.1. The molecule has 0 aromatic rings. The first-order valence-corrected chi connectivity index (χ1v) is 5.95. The minimum Gasteiger partial charge on any atom is -0.480 e. The number of carbonyl (C=O) groups excluding carboxylic acids is 3. The number of carboxylic acid groups (broad SMARTS) is 1. The highest BCUT2D eigenvalue weighted by molar-refractivity contribution is 5.83. The maximum absolute atomic E-state index is 11.4. The third-order valence-corrected chi connectivity index (χ3v) is 2.25. The Morgan fingerprint density at radius 3 is 2.25 bits per heavy atom. The van der Waals surface area contributed by atoms with Crippen molar-refractivity contribution in [1.29, 1.82) is 0 Å². The highest BCUT2D eigenvalue weighted by Crippen LogP contribution is 1.99. The van der Waals surface area contributed by atoms with Crippen molar-refractivity contribution in [2.45, 2.75) is 25.8 Å². The fraction of sp³-hybridized carbons (Fsp3) is 0.636. The molecule has 20 heavy (non-hydrogen) atoms. The molecule has 0 aliphatic heterocycles. The summed E-state index contributed by atoms with van der Waals surface area (Å²) in [5, 5.41) is 16.0. The van der Waals surface area contributed by atoms with E-state index in [0.717, 1.165) is 0 Å². The summed E-state index contributed by atoms with van der Waals surface area (Å²) in [6, 6.07) is -1.87.